The number of rotatable bonds is 6. The van der Waals surface area contributed by atoms with Crippen LogP contribution in [0.3, 0.4) is 0 Å². The van der Waals surface area contributed by atoms with E-state index in [-0.39, 0.29) is 6.42 Å². The molecule has 0 heterocycles. The van der Waals surface area contributed by atoms with E-state index in [1.165, 1.54) is 0 Å². The smallest absolute Gasteiger partial charge is 0.303 e. The van der Waals surface area contributed by atoms with Gasteiger partial charge in [0, 0.05) is 6.42 Å². The summed E-state index contributed by atoms with van der Waals surface area (Å²) >= 11 is 0. The number of hydrogen-bond acceptors (Lipinski definition) is 3. The Labute approximate surface area is 108 Å². The predicted molar refractivity (Wildman–Crippen MR) is 69.3 cm³/mol. The van der Waals surface area contributed by atoms with E-state index >= 15 is 0 Å². The highest BCUT2D eigenvalue weighted by molar-refractivity contribution is 7.92. The minimum atomic E-state index is -3.22. The highest BCUT2D eigenvalue weighted by atomic mass is 32.2. The van der Waals surface area contributed by atoms with Gasteiger partial charge in [-0.05, 0) is 44.4 Å². The molecule has 4 nitrogen and oxygen atoms in total. The van der Waals surface area contributed by atoms with Gasteiger partial charge in [0.15, 0.2) is 9.84 Å². The van der Waals surface area contributed by atoms with Gasteiger partial charge in [-0.25, -0.2) is 8.42 Å². The second-order valence-corrected chi connectivity index (χ2v) is 6.99. The van der Waals surface area contributed by atoms with Crippen LogP contribution in [-0.2, 0) is 21.1 Å². The Balaban J connectivity index is 2.72. The molecule has 100 valence electrons. The minimum absolute atomic E-state index is 0.131. The van der Waals surface area contributed by atoms with Gasteiger partial charge in [-0.3, -0.25) is 4.79 Å². The van der Waals surface area contributed by atoms with E-state index in [0.29, 0.717) is 17.7 Å². The first-order valence-electron chi connectivity index (χ1n) is 5.88. The number of carbonyl (C=O) groups is 1. The summed E-state index contributed by atoms with van der Waals surface area (Å²) in [5.41, 5.74) is 0.957. The van der Waals surface area contributed by atoms with Crippen LogP contribution < -0.4 is 0 Å². The first-order valence-corrected chi connectivity index (χ1v) is 7.43. The lowest BCUT2D eigenvalue weighted by Crippen LogP contribution is -2.13. The van der Waals surface area contributed by atoms with Crippen LogP contribution >= 0.6 is 0 Å². The normalized spacial score (nSPS) is 11.7. The predicted octanol–water partition coefficient (Wildman–Crippen LogP) is 2.28. The standard InChI is InChI=1S/C13H18O4S/c1-10(2)18(16,17)12-8-6-11(7-9-12)4-3-5-13(14)15/h6-10H,3-5H2,1-2H3,(H,14,15). The van der Waals surface area contributed by atoms with Crippen molar-refractivity contribution in [1.29, 1.82) is 0 Å². The van der Waals surface area contributed by atoms with Crippen molar-refractivity contribution in [1.82, 2.24) is 0 Å². The van der Waals surface area contributed by atoms with Crippen LogP contribution in [0, 0.1) is 0 Å². The summed E-state index contributed by atoms with van der Waals surface area (Å²) in [4.78, 5) is 10.7. The summed E-state index contributed by atoms with van der Waals surface area (Å²) < 4.78 is 23.7. The van der Waals surface area contributed by atoms with Crippen molar-refractivity contribution in [2.75, 3.05) is 0 Å². The number of carboxylic acid groups (broad SMARTS) is 1. The fourth-order valence-electron chi connectivity index (χ4n) is 1.56. The molecule has 0 fully saturated rings. The molecule has 18 heavy (non-hydrogen) atoms. The molecule has 0 unspecified atom stereocenters. The van der Waals surface area contributed by atoms with Gasteiger partial charge in [-0.1, -0.05) is 12.1 Å². The van der Waals surface area contributed by atoms with E-state index in [0.717, 1.165) is 5.56 Å². The maximum Gasteiger partial charge on any atom is 0.303 e. The van der Waals surface area contributed by atoms with Gasteiger partial charge in [-0.2, -0.15) is 0 Å². The van der Waals surface area contributed by atoms with Gasteiger partial charge in [-0.15, -0.1) is 0 Å². The molecule has 0 saturated carbocycles. The topological polar surface area (TPSA) is 71.4 Å². The first-order chi connectivity index (χ1) is 8.34. The molecule has 0 bridgehead atoms. The van der Waals surface area contributed by atoms with Crippen molar-refractivity contribution < 1.29 is 18.3 Å². The van der Waals surface area contributed by atoms with Gasteiger partial charge < -0.3 is 5.11 Å². The molecule has 1 aromatic rings. The van der Waals surface area contributed by atoms with Crippen LogP contribution in [0.2, 0.25) is 0 Å². The third-order valence-corrected chi connectivity index (χ3v) is 4.90. The molecular formula is C13H18O4S. The Hall–Kier alpha value is -1.36. The third kappa shape index (κ3) is 3.84. The Morgan fingerprint density at radius 3 is 2.22 bits per heavy atom. The van der Waals surface area contributed by atoms with Gasteiger partial charge in [0.05, 0.1) is 10.1 Å². The fraction of sp³-hybridized carbons (Fsp3) is 0.462. The quantitative estimate of drug-likeness (QED) is 0.860. The summed E-state index contributed by atoms with van der Waals surface area (Å²) in [6, 6.07) is 6.67. The monoisotopic (exact) mass is 270 g/mol. The van der Waals surface area contributed by atoms with Crippen LogP contribution in [-0.4, -0.2) is 24.7 Å². The molecule has 0 saturated heterocycles. The maximum atomic E-state index is 11.9. The fourth-order valence-corrected chi connectivity index (χ4v) is 2.62. The molecule has 0 spiro atoms. The van der Waals surface area contributed by atoms with Gasteiger partial charge in [0.2, 0.25) is 0 Å². The highest BCUT2D eigenvalue weighted by Crippen LogP contribution is 2.17. The van der Waals surface area contributed by atoms with Crippen LogP contribution in [0.25, 0.3) is 0 Å². The van der Waals surface area contributed by atoms with Gasteiger partial charge in [0.25, 0.3) is 0 Å². The second kappa shape index (κ2) is 6.00. The van der Waals surface area contributed by atoms with E-state index in [4.69, 9.17) is 5.11 Å². The maximum absolute atomic E-state index is 11.9. The van der Waals surface area contributed by atoms with Crippen LogP contribution in [0.15, 0.2) is 29.2 Å². The summed E-state index contributed by atoms with van der Waals surface area (Å²) in [5, 5.41) is 8.09. The van der Waals surface area contributed by atoms with Crippen molar-refractivity contribution in [3.05, 3.63) is 29.8 Å². The summed E-state index contributed by atoms with van der Waals surface area (Å²) in [6.45, 7) is 3.30. The molecule has 0 amide bonds. The average Bonchev–Trinajstić information content (AvgIpc) is 2.29. The van der Waals surface area contributed by atoms with Crippen LogP contribution in [0.5, 0.6) is 0 Å². The third-order valence-electron chi connectivity index (χ3n) is 2.73. The Bertz CT molecular complexity index is 500. The molecule has 0 aliphatic heterocycles. The van der Waals surface area contributed by atoms with Gasteiger partial charge >= 0.3 is 5.97 Å². The number of carboxylic acids is 1. The molecule has 1 N–H and O–H groups in total. The molecule has 5 heteroatoms. The Morgan fingerprint density at radius 1 is 1.22 bits per heavy atom. The second-order valence-electron chi connectivity index (χ2n) is 4.49. The molecule has 1 rings (SSSR count). The number of sulfone groups is 1. The van der Waals surface area contributed by atoms with E-state index in [9.17, 15) is 13.2 Å². The zero-order chi connectivity index (χ0) is 13.8. The average molecular weight is 270 g/mol. The number of hydrogen-bond donors (Lipinski definition) is 1. The summed E-state index contributed by atoms with van der Waals surface area (Å²) in [6.07, 6.45) is 1.34. The van der Waals surface area contributed by atoms with Crippen molar-refractivity contribution in [3.63, 3.8) is 0 Å². The van der Waals surface area contributed by atoms with Crippen molar-refractivity contribution in [2.45, 2.75) is 43.3 Å². The first kappa shape index (κ1) is 14.7. The minimum Gasteiger partial charge on any atom is -0.481 e. The van der Waals surface area contributed by atoms with Crippen molar-refractivity contribution in [2.24, 2.45) is 0 Å². The molecule has 0 aliphatic carbocycles. The number of benzene rings is 1. The molecule has 0 radical (unpaired) electrons. The summed E-state index contributed by atoms with van der Waals surface area (Å²) in [7, 11) is -3.22. The molecule has 0 atom stereocenters. The molecule has 1 aromatic carbocycles. The van der Waals surface area contributed by atoms with E-state index in [2.05, 4.69) is 0 Å². The number of aryl methyl sites for hydroxylation is 1. The zero-order valence-corrected chi connectivity index (χ0v) is 11.4. The Morgan fingerprint density at radius 2 is 1.78 bits per heavy atom. The van der Waals surface area contributed by atoms with Crippen molar-refractivity contribution >= 4 is 15.8 Å². The molecule has 0 aromatic heterocycles. The molecule has 0 aliphatic rings. The van der Waals surface area contributed by atoms with Crippen molar-refractivity contribution in [3.8, 4) is 0 Å². The lowest BCUT2D eigenvalue weighted by atomic mass is 10.1. The van der Waals surface area contributed by atoms with E-state index in [1.54, 1.807) is 38.1 Å². The summed E-state index contributed by atoms with van der Waals surface area (Å²) in [5.74, 6) is -0.811. The zero-order valence-electron chi connectivity index (χ0n) is 10.6. The highest BCUT2D eigenvalue weighted by Gasteiger charge is 2.18. The SMILES string of the molecule is CC(C)S(=O)(=O)c1ccc(CCCC(=O)O)cc1. The van der Waals surface area contributed by atoms with Gasteiger partial charge in [0.1, 0.15) is 0 Å². The van der Waals surface area contributed by atoms with Crippen LogP contribution in [0.4, 0.5) is 0 Å². The lowest BCUT2D eigenvalue weighted by molar-refractivity contribution is -0.137. The number of aliphatic carboxylic acids is 1. The van der Waals surface area contributed by atoms with E-state index in [1.807, 2.05) is 0 Å². The van der Waals surface area contributed by atoms with E-state index < -0.39 is 21.1 Å². The van der Waals surface area contributed by atoms with Crippen LogP contribution in [0.1, 0.15) is 32.3 Å². The molecular weight excluding hydrogens is 252 g/mol. The largest absolute Gasteiger partial charge is 0.481 e. The lowest BCUT2D eigenvalue weighted by Gasteiger charge is -2.08. The Kier molecular flexibility index (Phi) is 4.90.